The van der Waals surface area contributed by atoms with Gasteiger partial charge in [0.05, 0.1) is 12.3 Å². The highest BCUT2D eigenvalue weighted by Gasteiger charge is 2.31. The second-order valence-corrected chi connectivity index (χ2v) is 7.84. The zero-order valence-corrected chi connectivity index (χ0v) is 16.3. The van der Waals surface area contributed by atoms with Crippen molar-refractivity contribution in [3.63, 3.8) is 0 Å². The molecule has 29 heavy (non-hydrogen) atoms. The van der Waals surface area contributed by atoms with E-state index in [1.165, 1.54) is 24.0 Å². The van der Waals surface area contributed by atoms with E-state index in [2.05, 4.69) is 38.3 Å². The highest BCUT2D eigenvalue weighted by Crippen LogP contribution is 2.28. The molecule has 3 aromatic rings. The van der Waals surface area contributed by atoms with Gasteiger partial charge in [-0.15, -0.1) is 0 Å². The van der Waals surface area contributed by atoms with E-state index in [0.29, 0.717) is 37.0 Å². The summed E-state index contributed by atoms with van der Waals surface area (Å²) in [5.74, 6) is 1.61. The summed E-state index contributed by atoms with van der Waals surface area (Å²) in [5.41, 5.74) is 3.98. The van der Waals surface area contributed by atoms with Crippen molar-refractivity contribution in [1.29, 1.82) is 0 Å². The van der Waals surface area contributed by atoms with Gasteiger partial charge in [0.2, 0.25) is 23.4 Å². The molecular formula is C22H23N5O2. The Labute approximate surface area is 169 Å². The zero-order valence-electron chi connectivity index (χ0n) is 16.3. The summed E-state index contributed by atoms with van der Waals surface area (Å²) < 4.78 is 5.43. The number of carbonyl (C=O) groups is 1. The lowest BCUT2D eigenvalue weighted by Crippen LogP contribution is -2.30. The Bertz CT molecular complexity index is 1020. The van der Waals surface area contributed by atoms with E-state index < -0.39 is 0 Å². The van der Waals surface area contributed by atoms with Gasteiger partial charge >= 0.3 is 0 Å². The summed E-state index contributed by atoms with van der Waals surface area (Å²) in [6.45, 7) is 1.33. The van der Waals surface area contributed by atoms with Crippen LogP contribution in [0.4, 0.5) is 0 Å². The minimum atomic E-state index is 0.0624. The van der Waals surface area contributed by atoms with Crippen LogP contribution in [0.1, 0.15) is 47.8 Å². The van der Waals surface area contributed by atoms with Crippen molar-refractivity contribution in [3.8, 4) is 11.6 Å². The van der Waals surface area contributed by atoms with Gasteiger partial charge in [0.25, 0.3) is 0 Å². The first-order valence-corrected chi connectivity index (χ1v) is 10.3. The largest absolute Gasteiger partial charge is 0.342 e. The lowest BCUT2D eigenvalue weighted by molar-refractivity contribution is -0.129. The third kappa shape index (κ3) is 3.77. The van der Waals surface area contributed by atoms with E-state index >= 15 is 0 Å². The number of rotatable bonds is 4. The van der Waals surface area contributed by atoms with Crippen LogP contribution in [-0.2, 0) is 24.1 Å². The third-order valence-electron chi connectivity index (χ3n) is 5.87. The summed E-state index contributed by atoms with van der Waals surface area (Å²) in [7, 11) is 0. The Balaban J connectivity index is 1.23. The molecule has 0 radical (unpaired) electrons. The van der Waals surface area contributed by atoms with Crippen LogP contribution in [0.25, 0.3) is 11.6 Å². The van der Waals surface area contributed by atoms with Crippen LogP contribution in [0.3, 0.4) is 0 Å². The molecule has 0 bridgehead atoms. The predicted octanol–water partition coefficient (Wildman–Crippen LogP) is 2.96. The second-order valence-electron chi connectivity index (χ2n) is 7.84. The van der Waals surface area contributed by atoms with Crippen molar-refractivity contribution in [1.82, 2.24) is 25.0 Å². The summed E-state index contributed by atoms with van der Waals surface area (Å²) in [6.07, 6.45) is 9.39. The number of hydrogen-bond donors (Lipinski definition) is 0. The molecule has 1 aromatic carbocycles. The molecule has 0 unspecified atom stereocenters. The molecule has 2 aliphatic rings. The molecule has 1 saturated heterocycles. The van der Waals surface area contributed by atoms with E-state index in [4.69, 9.17) is 4.52 Å². The van der Waals surface area contributed by atoms with Gasteiger partial charge in [-0.3, -0.25) is 4.79 Å². The average molecular weight is 389 g/mol. The van der Waals surface area contributed by atoms with Crippen LogP contribution >= 0.6 is 0 Å². The van der Waals surface area contributed by atoms with Crippen LogP contribution in [0.5, 0.6) is 0 Å². The summed E-state index contributed by atoms with van der Waals surface area (Å²) in [4.78, 5) is 27.5. The van der Waals surface area contributed by atoms with Crippen molar-refractivity contribution in [3.05, 3.63) is 59.2 Å². The lowest BCUT2D eigenvalue weighted by Gasteiger charge is -2.18. The fraction of sp³-hybridized carbons (Fsp3) is 0.409. The Morgan fingerprint density at radius 2 is 1.93 bits per heavy atom. The molecule has 1 fully saturated rings. The number of nitrogens with zero attached hydrogens (tertiary/aromatic N) is 5. The third-order valence-corrected chi connectivity index (χ3v) is 5.87. The van der Waals surface area contributed by atoms with Crippen LogP contribution < -0.4 is 0 Å². The van der Waals surface area contributed by atoms with Gasteiger partial charge in [0, 0.05) is 25.5 Å². The molecule has 0 spiro atoms. The van der Waals surface area contributed by atoms with Crippen LogP contribution in [-0.4, -0.2) is 44.0 Å². The molecule has 1 amide bonds. The second kappa shape index (κ2) is 7.73. The first-order chi connectivity index (χ1) is 14.3. The molecule has 7 heteroatoms. The Morgan fingerprint density at radius 1 is 1.10 bits per heavy atom. The number of hydrogen-bond acceptors (Lipinski definition) is 6. The number of aryl methyl sites for hydroxylation is 2. The van der Waals surface area contributed by atoms with E-state index in [1.54, 1.807) is 18.5 Å². The summed E-state index contributed by atoms with van der Waals surface area (Å²) >= 11 is 0. The molecule has 0 saturated carbocycles. The SMILES string of the molecule is O=C(Cc1ccc2c(c1)CCCC2)N1CC[C@H](c2nc(-c3ncccn3)no2)C1. The highest BCUT2D eigenvalue weighted by atomic mass is 16.5. The summed E-state index contributed by atoms with van der Waals surface area (Å²) in [5, 5.41) is 3.99. The van der Waals surface area contributed by atoms with Gasteiger partial charge in [0.1, 0.15) is 0 Å². The monoisotopic (exact) mass is 389 g/mol. The molecule has 1 atom stereocenters. The van der Waals surface area contributed by atoms with Crippen molar-refractivity contribution >= 4 is 5.91 Å². The van der Waals surface area contributed by atoms with Crippen LogP contribution in [0, 0.1) is 0 Å². The van der Waals surface area contributed by atoms with E-state index in [-0.39, 0.29) is 11.8 Å². The quantitative estimate of drug-likeness (QED) is 0.682. The van der Waals surface area contributed by atoms with Gasteiger partial charge in [0.15, 0.2) is 0 Å². The Hall–Kier alpha value is -3.09. The van der Waals surface area contributed by atoms with Gasteiger partial charge in [-0.05, 0) is 54.9 Å². The highest BCUT2D eigenvalue weighted by molar-refractivity contribution is 5.79. The normalized spacial score (nSPS) is 18.6. The first kappa shape index (κ1) is 18.0. The molecule has 1 aliphatic carbocycles. The topological polar surface area (TPSA) is 85.0 Å². The fourth-order valence-corrected chi connectivity index (χ4v) is 4.28. The maximum atomic E-state index is 12.8. The van der Waals surface area contributed by atoms with Crippen LogP contribution in [0.15, 0.2) is 41.2 Å². The minimum Gasteiger partial charge on any atom is -0.342 e. The van der Waals surface area contributed by atoms with Gasteiger partial charge < -0.3 is 9.42 Å². The Kier molecular flexibility index (Phi) is 4.79. The number of aromatic nitrogens is 4. The predicted molar refractivity (Wildman–Crippen MR) is 106 cm³/mol. The number of amides is 1. The lowest BCUT2D eigenvalue weighted by atomic mass is 9.90. The minimum absolute atomic E-state index is 0.0624. The molecule has 5 rings (SSSR count). The maximum absolute atomic E-state index is 12.8. The number of likely N-dealkylation sites (tertiary alicyclic amines) is 1. The summed E-state index contributed by atoms with van der Waals surface area (Å²) in [6, 6.07) is 8.28. The Morgan fingerprint density at radius 3 is 2.79 bits per heavy atom. The molecule has 3 heterocycles. The number of carbonyl (C=O) groups excluding carboxylic acids is 1. The maximum Gasteiger partial charge on any atom is 0.240 e. The van der Waals surface area contributed by atoms with Gasteiger partial charge in [-0.2, -0.15) is 4.98 Å². The van der Waals surface area contributed by atoms with E-state index in [1.807, 2.05) is 4.90 Å². The standard InChI is InChI=1S/C22H23N5O2/c28-19(13-15-6-7-16-4-1-2-5-17(16)12-15)27-11-8-18(14-27)22-25-21(26-29-22)20-23-9-3-10-24-20/h3,6-7,9-10,12,18H,1-2,4-5,8,11,13-14H2/t18-/m0/s1. The number of fused-ring (bicyclic) bond motifs is 1. The molecule has 7 nitrogen and oxygen atoms in total. The van der Waals surface area contributed by atoms with Crippen molar-refractivity contribution in [2.45, 2.75) is 44.4 Å². The number of benzene rings is 1. The molecule has 1 aliphatic heterocycles. The van der Waals surface area contributed by atoms with Crippen molar-refractivity contribution in [2.75, 3.05) is 13.1 Å². The van der Waals surface area contributed by atoms with E-state index in [9.17, 15) is 4.79 Å². The first-order valence-electron chi connectivity index (χ1n) is 10.3. The molecule has 0 N–H and O–H groups in total. The van der Waals surface area contributed by atoms with Crippen LogP contribution in [0.2, 0.25) is 0 Å². The molecular weight excluding hydrogens is 366 g/mol. The smallest absolute Gasteiger partial charge is 0.240 e. The van der Waals surface area contributed by atoms with Crippen molar-refractivity contribution in [2.24, 2.45) is 0 Å². The van der Waals surface area contributed by atoms with Gasteiger partial charge in [-0.1, -0.05) is 23.4 Å². The van der Waals surface area contributed by atoms with Crippen molar-refractivity contribution < 1.29 is 9.32 Å². The molecule has 148 valence electrons. The molecule has 2 aromatic heterocycles. The zero-order chi connectivity index (χ0) is 19.6. The van der Waals surface area contributed by atoms with Gasteiger partial charge in [-0.25, -0.2) is 9.97 Å². The average Bonchev–Trinajstić information content (AvgIpc) is 3.44. The van der Waals surface area contributed by atoms with E-state index in [0.717, 1.165) is 24.8 Å². The fourth-order valence-electron chi connectivity index (χ4n) is 4.28.